The first-order chi connectivity index (χ1) is 11.8. The summed E-state index contributed by atoms with van der Waals surface area (Å²) in [5, 5.41) is 0. The molecular weight excluding hydrogens is 371 g/mol. The second-order valence-corrected chi connectivity index (χ2v) is 7.64. The Labute approximate surface area is 173 Å². The van der Waals surface area contributed by atoms with Crippen molar-refractivity contribution in [3.63, 3.8) is 0 Å². The molecule has 1 aromatic carbocycles. The molecule has 1 heterocycles. The Kier molecular flexibility index (Phi) is 6.62. The first kappa shape index (κ1) is 21.0. The fourth-order valence-corrected chi connectivity index (χ4v) is 3.87. The molecule has 1 aromatic rings. The van der Waals surface area contributed by atoms with Gasteiger partial charge in [-0.25, -0.2) is 9.69 Å². The summed E-state index contributed by atoms with van der Waals surface area (Å²) >= 11 is 0. The van der Waals surface area contributed by atoms with Crippen molar-refractivity contribution in [3.05, 3.63) is 24.3 Å². The van der Waals surface area contributed by atoms with Crippen molar-refractivity contribution in [2.24, 2.45) is 0 Å². The summed E-state index contributed by atoms with van der Waals surface area (Å²) in [7, 11) is -4.47. The molecule has 0 bridgehead atoms. The average molecular weight is 390 g/mol. The Morgan fingerprint density at radius 1 is 1.00 bits per heavy atom. The number of rotatable bonds is 3. The van der Waals surface area contributed by atoms with Crippen molar-refractivity contribution >= 4 is 63.2 Å². The van der Waals surface area contributed by atoms with Gasteiger partial charge in [0.15, 0.2) is 0 Å². The minimum absolute atomic E-state index is 0. The van der Waals surface area contributed by atoms with E-state index < -0.39 is 39.3 Å². The molecule has 1 aliphatic heterocycles. The molecule has 1 saturated heterocycles. The van der Waals surface area contributed by atoms with Gasteiger partial charge in [0.25, 0.3) is 10.1 Å². The van der Waals surface area contributed by atoms with Crippen molar-refractivity contribution in [2.75, 3.05) is 4.90 Å². The van der Waals surface area contributed by atoms with E-state index in [1.54, 1.807) is 0 Å². The molecule has 1 saturated carbocycles. The van der Waals surface area contributed by atoms with Crippen LogP contribution in [0.5, 0.6) is 0 Å². The van der Waals surface area contributed by atoms with E-state index in [9.17, 15) is 22.8 Å². The molecule has 1 N–H and O–H groups in total. The molecule has 4 amide bonds. The Hall–Kier alpha value is -1.26. The van der Waals surface area contributed by atoms with Crippen molar-refractivity contribution in [3.8, 4) is 0 Å². The van der Waals surface area contributed by atoms with E-state index in [2.05, 4.69) is 0 Å². The van der Waals surface area contributed by atoms with Crippen LogP contribution in [0.15, 0.2) is 29.2 Å². The predicted molar refractivity (Wildman–Crippen MR) is 94.6 cm³/mol. The quantitative estimate of drug-likeness (QED) is 0.473. The molecule has 8 nitrogen and oxygen atoms in total. The number of benzene rings is 1. The molecule has 3 rings (SSSR count). The van der Waals surface area contributed by atoms with Crippen LogP contribution in [0.25, 0.3) is 0 Å². The van der Waals surface area contributed by atoms with E-state index in [1.165, 1.54) is 12.1 Å². The summed E-state index contributed by atoms with van der Waals surface area (Å²) < 4.78 is 31.8. The first-order valence-electron chi connectivity index (χ1n) is 8.05. The zero-order chi connectivity index (χ0) is 18.2. The van der Waals surface area contributed by atoms with E-state index >= 15 is 0 Å². The second kappa shape index (κ2) is 8.18. The van der Waals surface area contributed by atoms with Gasteiger partial charge in [0.05, 0.1) is 10.6 Å². The van der Waals surface area contributed by atoms with E-state index in [1.807, 2.05) is 0 Å². The maximum atomic E-state index is 12.8. The van der Waals surface area contributed by atoms with Gasteiger partial charge in [-0.15, -0.1) is 0 Å². The van der Waals surface area contributed by atoms with Crippen LogP contribution in [0.1, 0.15) is 38.5 Å². The third-order valence-corrected chi connectivity index (χ3v) is 5.38. The third-order valence-electron chi connectivity index (χ3n) is 4.53. The predicted octanol–water partition coefficient (Wildman–Crippen LogP) is 1.30. The van der Waals surface area contributed by atoms with Crippen LogP contribution in [0.4, 0.5) is 10.5 Å². The SMILES string of the molecule is O=C1CC(=O)N(C2CCCCC2)C(=O)N1c1cccc(S(=O)(=O)O)c1.[NaH]. The first-order valence-corrected chi connectivity index (χ1v) is 9.49. The number of carbonyl (C=O) groups excluding carboxylic acids is 3. The summed E-state index contributed by atoms with van der Waals surface area (Å²) in [6.07, 6.45) is 3.82. The van der Waals surface area contributed by atoms with Crippen molar-refractivity contribution < 1.29 is 27.4 Å². The van der Waals surface area contributed by atoms with Crippen LogP contribution < -0.4 is 4.90 Å². The third kappa shape index (κ3) is 4.17. The van der Waals surface area contributed by atoms with Gasteiger partial charge >= 0.3 is 35.6 Å². The number of carbonyl (C=O) groups is 3. The monoisotopic (exact) mass is 390 g/mol. The van der Waals surface area contributed by atoms with Crippen molar-refractivity contribution in [1.29, 1.82) is 0 Å². The molecule has 1 aliphatic carbocycles. The number of nitrogens with zero attached hydrogens (tertiary/aromatic N) is 2. The summed E-state index contributed by atoms with van der Waals surface area (Å²) in [4.78, 5) is 38.8. The van der Waals surface area contributed by atoms with Crippen molar-refractivity contribution in [1.82, 2.24) is 4.90 Å². The van der Waals surface area contributed by atoms with Gasteiger partial charge in [-0.05, 0) is 31.0 Å². The zero-order valence-electron chi connectivity index (χ0n) is 13.4. The maximum absolute atomic E-state index is 12.8. The number of amides is 4. The fourth-order valence-electron chi connectivity index (χ4n) is 3.35. The van der Waals surface area contributed by atoms with E-state index in [-0.39, 0.29) is 41.3 Å². The molecule has 10 heteroatoms. The minimum atomic E-state index is -4.47. The van der Waals surface area contributed by atoms with Crippen LogP contribution >= 0.6 is 0 Å². The summed E-state index contributed by atoms with van der Waals surface area (Å²) in [5.74, 6) is -1.24. The Bertz CT molecular complexity index is 835. The van der Waals surface area contributed by atoms with Crippen molar-refractivity contribution in [2.45, 2.75) is 49.5 Å². The number of urea groups is 1. The van der Waals surface area contributed by atoms with Gasteiger partial charge in [0, 0.05) is 6.04 Å². The van der Waals surface area contributed by atoms with Gasteiger partial charge in [-0.2, -0.15) is 8.42 Å². The van der Waals surface area contributed by atoms with Gasteiger partial charge in [-0.1, -0.05) is 25.3 Å². The average Bonchev–Trinajstić information content (AvgIpc) is 2.55. The number of imide groups is 2. The van der Waals surface area contributed by atoms with Crippen LogP contribution in [0.3, 0.4) is 0 Å². The van der Waals surface area contributed by atoms with E-state index in [0.717, 1.165) is 41.2 Å². The molecule has 136 valence electrons. The van der Waals surface area contributed by atoms with Crippen LogP contribution in [-0.2, 0) is 19.7 Å². The summed E-state index contributed by atoms with van der Waals surface area (Å²) in [5.41, 5.74) is 0.0124. The second-order valence-electron chi connectivity index (χ2n) is 6.22. The number of anilines is 1. The molecule has 0 spiro atoms. The molecule has 2 fully saturated rings. The molecule has 0 atom stereocenters. The molecule has 26 heavy (non-hydrogen) atoms. The Morgan fingerprint density at radius 3 is 2.27 bits per heavy atom. The standard InChI is InChI=1S/C16H18N2O6S.Na.H/c19-14-10-15(20)18(12-7-4-8-13(9-12)25(22,23)24)16(21)17(14)11-5-2-1-3-6-11;;/h4,7-9,11H,1-3,5-6,10H2,(H,22,23,24);;. The van der Waals surface area contributed by atoms with Crippen LogP contribution in [0, 0.1) is 0 Å². The molecule has 2 aliphatic rings. The number of hydrogen-bond acceptors (Lipinski definition) is 5. The number of hydrogen-bond donors (Lipinski definition) is 1. The Balaban J connectivity index is 0.00000243. The molecular formula is C16H19N2NaO6S. The molecule has 0 radical (unpaired) electrons. The van der Waals surface area contributed by atoms with Gasteiger partial charge in [0.1, 0.15) is 6.42 Å². The summed E-state index contributed by atoms with van der Waals surface area (Å²) in [6, 6.07) is 3.90. The topological polar surface area (TPSA) is 112 Å². The fraction of sp³-hybridized carbons (Fsp3) is 0.438. The van der Waals surface area contributed by atoms with Gasteiger partial charge < -0.3 is 0 Å². The number of barbiturate groups is 1. The summed E-state index contributed by atoms with van der Waals surface area (Å²) in [6.45, 7) is 0. The van der Waals surface area contributed by atoms with E-state index in [4.69, 9.17) is 4.55 Å². The van der Waals surface area contributed by atoms with Gasteiger partial charge in [0.2, 0.25) is 11.8 Å². The van der Waals surface area contributed by atoms with Crippen LogP contribution in [-0.4, -0.2) is 71.3 Å². The van der Waals surface area contributed by atoms with Crippen LogP contribution in [0.2, 0.25) is 0 Å². The van der Waals surface area contributed by atoms with E-state index in [0.29, 0.717) is 12.8 Å². The molecule has 0 aromatic heterocycles. The normalized spacial score (nSPS) is 19.5. The zero-order valence-corrected chi connectivity index (χ0v) is 14.2. The van der Waals surface area contributed by atoms with Gasteiger partial charge in [-0.3, -0.25) is 19.0 Å². The molecule has 0 unspecified atom stereocenters. The Morgan fingerprint density at radius 2 is 1.65 bits per heavy atom.